The van der Waals surface area contributed by atoms with E-state index in [1.807, 2.05) is 26.0 Å². The van der Waals surface area contributed by atoms with Crippen LogP contribution in [0.25, 0.3) is 5.69 Å². The Morgan fingerprint density at radius 1 is 1.31 bits per heavy atom. The lowest BCUT2D eigenvalue weighted by atomic mass is 10.1. The lowest BCUT2D eigenvalue weighted by molar-refractivity contribution is 0.853. The molecular weight excluding hydrogens is 243 g/mol. The van der Waals surface area contributed by atoms with Gasteiger partial charge in [-0.05, 0) is 25.5 Å². The molecule has 0 saturated carbocycles. The van der Waals surface area contributed by atoms with Crippen molar-refractivity contribution in [2.24, 2.45) is 0 Å². The third-order valence-corrected chi connectivity index (χ3v) is 3.12. The SMILES string of the molecule is Cc1ccc(-n2cc(Cl)c(C)n2)c(CCl)c1. The van der Waals surface area contributed by atoms with E-state index in [1.54, 1.807) is 10.9 Å². The van der Waals surface area contributed by atoms with E-state index in [0.717, 1.165) is 16.9 Å². The van der Waals surface area contributed by atoms with E-state index in [4.69, 9.17) is 23.2 Å². The highest BCUT2D eigenvalue weighted by molar-refractivity contribution is 6.31. The van der Waals surface area contributed by atoms with Gasteiger partial charge in [0, 0.05) is 12.1 Å². The molecule has 0 N–H and O–H groups in total. The monoisotopic (exact) mass is 254 g/mol. The van der Waals surface area contributed by atoms with Crippen molar-refractivity contribution >= 4 is 23.2 Å². The summed E-state index contributed by atoms with van der Waals surface area (Å²) in [7, 11) is 0. The molecule has 2 rings (SSSR count). The molecule has 0 spiro atoms. The van der Waals surface area contributed by atoms with Crippen LogP contribution in [-0.2, 0) is 5.88 Å². The Labute approximate surface area is 105 Å². The third-order valence-electron chi connectivity index (χ3n) is 2.46. The molecule has 1 aromatic heterocycles. The Morgan fingerprint density at radius 3 is 2.62 bits per heavy atom. The van der Waals surface area contributed by atoms with Gasteiger partial charge in [-0.2, -0.15) is 5.10 Å². The van der Waals surface area contributed by atoms with Gasteiger partial charge in [-0.3, -0.25) is 0 Å². The Morgan fingerprint density at radius 2 is 2.06 bits per heavy atom. The van der Waals surface area contributed by atoms with E-state index in [0.29, 0.717) is 10.9 Å². The molecule has 0 aliphatic carbocycles. The lowest BCUT2D eigenvalue weighted by Crippen LogP contribution is -1.99. The van der Waals surface area contributed by atoms with Gasteiger partial charge in [-0.1, -0.05) is 29.3 Å². The smallest absolute Gasteiger partial charge is 0.0819 e. The van der Waals surface area contributed by atoms with E-state index in [1.165, 1.54) is 5.56 Å². The summed E-state index contributed by atoms with van der Waals surface area (Å²) < 4.78 is 1.77. The van der Waals surface area contributed by atoms with Crippen molar-refractivity contribution in [2.45, 2.75) is 19.7 Å². The van der Waals surface area contributed by atoms with E-state index >= 15 is 0 Å². The fraction of sp³-hybridized carbons (Fsp3) is 0.250. The van der Waals surface area contributed by atoms with Crippen molar-refractivity contribution in [1.82, 2.24) is 9.78 Å². The first-order valence-electron chi connectivity index (χ1n) is 4.99. The maximum atomic E-state index is 5.99. The van der Waals surface area contributed by atoms with Crippen molar-refractivity contribution in [3.63, 3.8) is 0 Å². The van der Waals surface area contributed by atoms with Crippen LogP contribution in [0.15, 0.2) is 24.4 Å². The van der Waals surface area contributed by atoms with Gasteiger partial charge in [-0.15, -0.1) is 11.6 Å². The standard InChI is InChI=1S/C12H12Cl2N2/c1-8-3-4-12(10(5-8)6-13)16-7-11(14)9(2)15-16/h3-5,7H,6H2,1-2H3. The zero-order valence-corrected chi connectivity index (χ0v) is 10.7. The predicted molar refractivity (Wildman–Crippen MR) is 67.6 cm³/mol. The topological polar surface area (TPSA) is 17.8 Å². The summed E-state index contributed by atoms with van der Waals surface area (Å²) in [5.74, 6) is 0.466. The number of halogens is 2. The summed E-state index contributed by atoms with van der Waals surface area (Å²) in [5, 5.41) is 5.01. The van der Waals surface area contributed by atoms with Crippen molar-refractivity contribution in [3.8, 4) is 5.69 Å². The second-order valence-corrected chi connectivity index (χ2v) is 4.45. The van der Waals surface area contributed by atoms with Crippen LogP contribution in [-0.4, -0.2) is 9.78 Å². The molecule has 0 bridgehead atoms. The first kappa shape index (κ1) is 11.5. The van der Waals surface area contributed by atoms with Gasteiger partial charge >= 0.3 is 0 Å². The number of aromatic nitrogens is 2. The first-order valence-corrected chi connectivity index (χ1v) is 5.90. The molecular formula is C12H12Cl2N2. The number of rotatable bonds is 2. The number of hydrogen-bond donors (Lipinski definition) is 0. The second-order valence-electron chi connectivity index (χ2n) is 3.77. The molecule has 0 fully saturated rings. The number of alkyl halides is 1. The zero-order chi connectivity index (χ0) is 11.7. The molecule has 1 aromatic carbocycles. The van der Waals surface area contributed by atoms with Gasteiger partial charge in [0.2, 0.25) is 0 Å². The molecule has 4 heteroatoms. The summed E-state index contributed by atoms with van der Waals surface area (Å²) in [6, 6.07) is 6.11. The minimum atomic E-state index is 0.466. The van der Waals surface area contributed by atoms with Crippen LogP contribution in [0.4, 0.5) is 0 Å². The maximum Gasteiger partial charge on any atom is 0.0819 e. The highest BCUT2D eigenvalue weighted by Gasteiger charge is 2.08. The minimum Gasteiger partial charge on any atom is -0.239 e. The Kier molecular flexibility index (Phi) is 3.22. The van der Waals surface area contributed by atoms with Gasteiger partial charge in [0.25, 0.3) is 0 Å². The van der Waals surface area contributed by atoms with E-state index in [2.05, 4.69) is 11.2 Å². The lowest BCUT2D eigenvalue weighted by Gasteiger charge is -2.07. The number of nitrogens with zero attached hydrogens (tertiary/aromatic N) is 2. The van der Waals surface area contributed by atoms with Crippen molar-refractivity contribution in [1.29, 1.82) is 0 Å². The van der Waals surface area contributed by atoms with E-state index in [9.17, 15) is 0 Å². The molecule has 0 amide bonds. The molecule has 0 atom stereocenters. The summed E-state index contributed by atoms with van der Waals surface area (Å²) in [6.07, 6.45) is 1.80. The van der Waals surface area contributed by atoms with Gasteiger partial charge < -0.3 is 0 Å². The molecule has 0 radical (unpaired) electrons. The average Bonchev–Trinajstić information content (AvgIpc) is 2.59. The van der Waals surface area contributed by atoms with Crippen LogP contribution in [0.5, 0.6) is 0 Å². The van der Waals surface area contributed by atoms with Gasteiger partial charge in [-0.25, -0.2) is 4.68 Å². The summed E-state index contributed by atoms with van der Waals surface area (Å²) in [4.78, 5) is 0. The maximum absolute atomic E-state index is 5.99. The fourth-order valence-corrected chi connectivity index (χ4v) is 1.95. The van der Waals surface area contributed by atoms with Gasteiger partial charge in [0.05, 0.1) is 16.4 Å². The van der Waals surface area contributed by atoms with Crippen LogP contribution in [0.2, 0.25) is 5.02 Å². The molecule has 0 aliphatic rings. The molecule has 2 nitrogen and oxygen atoms in total. The summed E-state index contributed by atoms with van der Waals surface area (Å²) in [6.45, 7) is 3.93. The third kappa shape index (κ3) is 2.08. The van der Waals surface area contributed by atoms with Gasteiger partial charge in [0.15, 0.2) is 0 Å². The molecule has 0 saturated heterocycles. The molecule has 2 aromatic rings. The highest BCUT2D eigenvalue weighted by atomic mass is 35.5. The van der Waals surface area contributed by atoms with Gasteiger partial charge in [0.1, 0.15) is 0 Å². The van der Waals surface area contributed by atoms with Crippen LogP contribution in [0.1, 0.15) is 16.8 Å². The molecule has 0 unspecified atom stereocenters. The van der Waals surface area contributed by atoms with Crippen molar-refractivity contribution < 1.29 is 0 Å². The summed E-state index contributed by atoms with van der Waals surface area (Å²) in [5.41, 5.74) is 4.05. The van der Waals surface area contributed by atoms with Crippen LogP contribution in [0.3, 0.4) is 0 Å². The van der Waals surface area contributed by atoms with Crippen LogP contribution in [0, 0.1) is 13.8 Å². The number of aryl methyl sites for hydroxylation is 2. The summed E-state index contributed by atoms with van der Waals surface area (Å²) >= 11 is 11.9. The van der Waals surface area contributed by atoms with E-state index in [-0.39, 0.29) is 0 Å². The molecule has 0 aliphatic heterocycles. The Balaban J connectivity index is 2.55. The normalized spacial score (nSPS) is 10.8. The van der Waals surface area contributed by atoms with Crippen molar-refractivity contribution in [2.75, 3.05) is 0 Å². The Hall–Kier alpha value is -0.990. The second kappa shape index (κ2) is 4.48. The van der Waals surface area contributed by atoms with Crippen LogP contribution >= 0.6 is 23.2 Å². The Bertz CT molecular complexity index is 498. The van der Waals surface area contributed by atoms with E-state index < -0.39 is 0 Å². The minimum absolute atomic E-state index is 0.466. The van der Waals surface area contributed by atoms with Crippen LogP contribution < -0.4 is 0 Å². The molecule has 84 valence electrons. The largest absolute Gasteiger partial charge is 0.239 e. The number of benzene rings is 1. The highest BCUT2D eigenvalue weighted by Crippen LogP contribution is 2.21. The van der Waals surface area contributed by atoms with Crippen molar-refractivity contribution in [3.05, 3.63) is 46.2 Å². The molecule has 16 heavy (non-hydrogen) atoms. The first-order chi connectivity index (χ1) is 7.61. The average molecular weight is 255 g/mol. The quantitative estimate of drug-likeness (QED) is 0.744. The predicted octanol–water partition coefficient (Wildman–Crippen LogP) is 3.88. The fourth-order valence-electron chi connectivity index (χ4n) is 1.61. The molecule has 1 heterocycles. The zero-order valence-electron chi connectivity index (χ0n) is 9.17. The number of hydrogen-bond acceptors (Lipinski definition) is 1.